The lowest BCUT2D eigenvalue weighted by molar-refractivity contribution is 0.507. The molecule has 5 nitrogen and oxygen atoms in total. The van der Waals surface area contributed by atoms with Crippen molar-refractivity contribution in [3.8, 4) is 0 Å². The molecule has 3 rings (SSSR count). The number of imidazole rings is 1. The summed E-state index contributed by atoms with van der Waals surface area (Å²) in [6.07, 6.45) is 3.36. The number of H-pyrrole nitrogens is 1. The zero-order chi connectivity index (χ0) is 12.4. The number of nitrogens with zero attached hydrogens (tertiary/aromatic N) is 1. The molecule has 2 aromatic heterocycles. The van der Waals surface area contributed by atoms with E-state index in [-0.39, 0.29) is 0 Å². The summed E-state index contributed by atoms with van der Waals surface area (Å²) >= 11 is 0. The van der Waals surface area contributed by atoms with Gasteiger partial charge < -0.3 is 14.8 Å². The molecule has 0 aliphatic heterocycles. The van der Waals surface area contributed by atoms with Crippen molar-refractivity contribution < 1.29 is 4.42 Å². The molecule has 0 saturated heterocycles. The van der Waals surface area contributed by atoms with Crippen LogP contribution in [0.2, 0.25) is 0 Å². The Bertz CT molecular complexity index is 642. The van der Waals surface area contributed by atoms with Gasteiger partial charge in [-0.15, -0.1) is 0 Å². The van der Waals surface area contributed by atoms with Gasteiger partial charge in [0.1, 0.15) is 11.6 Å². The summed E-state index contributed by atoms with van der Waals surface area (Å²) in [7, 11) is 0. The van der Waals surface area contributed by atoms with Crippen LogP contribution in [0, 0.1) is 0 Å². The van der Waals surface area contributed by atoms with Gasteiger partial charge in [0.15, 0.2) is 0 Å². The summed E-state index contributed by atoms with van der Waals surface area (Å²) in [5.41, 5.74) is 5.42. The van der Waals surface area contributed by atoms with Gasteiger partial charge in [-0.2, -0.15) is 0 Å². The lowest BCUT2D eigenvalue weighted by Gasteiger charge is -1.97. The van der Waals surface area contributed by atoms with Crippen molar-refractivity contribution in [1.29, 1.82) is 0 Å². The normalized spacial score (nSPS) is 10.9. The summed E-state index contributed by atoms with van der Waals surface area (Å²) in [4.78, 5) is 7.81. The lowest BCUT2D eigenvalue weighted by atomic mass is 10.2. The van der Waals surface area contributed by atoms with Gasteiger partial charge in [-0.25, -0.2) is 4.98 Å². The third-order valence-corrected chi connectivity index (χ3v) is 2.89. The van der Waals surface area contributed by atoms with Crippen LogP contribution in [-0.2, 0) is 12.8 Å². The molecule has 2 heterocycles. The molecule has 0 unspecified atom stereocenters. The average molecular weight is 242 g/mol. The van der Waals surface area contributed by atoms with Crippen LogP contribution in [0.1, 0.15) is 11.6 Å². The highest BCUT2D eigenvalue weighted by Gasteiger charge is 2.04. The molecule has 0 atom stereocenters. The number of aromatic amines is 1. The van der Waals surface area contributed by atoms with Gasteiger partial charge in [-0.05, 0) is 30.3 Å². The Balaban J connectivity index is 1.80. The van der Waals surface area contributed by atoms with Gasteiger partial charge >= 0.3 is 0 Å². The molecule has 5 heteroatoms. The van der Waals surface area contributed by atoms with Crippen molar-refractivity contribution in [3.63, 3.8) is 0 Å². The van der Waals surface area contributed by atoms with Crippen LogP contribution < -0.4 is 11.3 Å². The first-order chi connectivity index (χ1) is 8.85. The number of nitrogen functional groups attached to an aromatic ring is 1. The molecule has 4 N–H and O–H groups in total. The summed E-state index contributed by atoms with van der Waals surface area (Å²) < 4.78 is 5.30. The molecule has 0 fully saturated rings. The number of fused-ring (bicyclic) bond motifs is 1. The van der Waals surface area contributed by atoms with Crippen molar-refractivity contribution in [2.75, 3.05) is 5.43 Å². The van der Waals surface area contributed by atoms with Crippen LogP contribution in [0.3, 0.4) is 0 Å². The highest BCUT2D eigenvalue weighted by molar-refractivity contribution is 5.79. The fourth-order valence-electron chi connectivity index (χ4n) is 1.97. The topological polar surface area (TPSA) is 79.9 Å². The molecular weight excluding hydrogens is 228 g/mol. The Morgan fingerprint density at radius 2 is 2.22 bits per heavy atom. The first kappa shape index (κ1) is 10.9. The van der Waals surface area contributed by atoms with E-state index in [1.165, 1.54) is 0 Å². The number of benzene rings is 1. The number of aromatic nitrogens is 2. The Morgan fingerprint density at radius 1 is 1.28 bits per heavy atom. The van der Waals surface area contributed by atoms with Gasteiger partial charge in [0.2, 0.25) is 0 Å². The Hall–Kier alpha value is -2.27. The van der Waals surface area contributed by atoms with Gasteiger partial charge in [-0.1, -0.05) is 0 Å². The van der Waals surface area contributed by atoms with E-state index in [0.717, 1.165) is 41.1 Å². The molecule has 0 spiro atoms. The molecule has 18 heavy (non-hydrogen) atoms. The van der Waals surface area contributed by atoms with Gasteiger partial charge in [0, 0.05) is 12.8 Å². The van der Waals surface area contributed by atoms with E-state index in [1.807, 2.05) is 30.3 Å². The van der Waals surface area contributed by atoms with Crippen molar-refractivity contribution in [1.82, 2.24) is 9.97 Å². The maximum atomic E-state index is 5.37. The molecule has 0 saturated carbocycles. The summed E-state index contributed by atoms with van der Waals surface area (Å²) in [6.45, 7) is 0. The number of furan rings is 1. The number of hydrogen-bond acceptors (Lipinski definition) is 4. The number of anilines is 1. The van der Waals surface area contributed by atoms with Crippen molar-refractivity contribution in [3.05, 3.63) is 48.2 Å². The zero-order valence-electron chi connectivity index (χ0n) is 9.81. The molecule has 0 amide bonds. The number of hydrazine groups is 1. The minimum Gasteiger partial charge on any atom is -0.469 e. The summed E-state index contributed by atoms with van der Waals surface area (Å²) in [6, 6.07) is 9.65. The first-order valence-electron chi connectivity index (χ1n) is 5.83. The zero-order valence-corrected chi connectivity index (χ0v) is 9.81. The maximum Gasteiger partial charge on any atom is 0.107 e. The monoisotopic (exact) mass is 242 g/mol. The third-order valence-electron chi connectivity index (χ3n) is 2.89. The Kier molecular flexibility index (Phi) is 2.74. The van der Waals surface area contributed by atoms with Crippen molar-refractivity contribution >= 4 is 16.7 Å². The van der Waals surface area contributed by atoms with E-state index in [2.05, 4.69) is 15.4 Å². The molecule has 0 aliphatic rings. The number of nitrogens with one attached hydrogen (secondary N) is 2. The highest BCUT2D eigenvalue weighted by atomic mass is 16.3. The highest BCUT2D eigenvalue weighted by Crippen LogP contribution is 2.17. The second-order valence-electron chi connectivity index (χ2n) is 4.14. The fourth-order valence-corrected chi connectivity index (χ4v) is 1.97. The van der Waals surface area contributed by atoms with Crippen LogP contribution in [-0.4, -0.2) is 9.97 Å². The number of rotatable bonds is 4. The van der Waals surface area contributed by atoms with Crippen LogP contribution in [0.25, 0.3) is 11.0 Å². The predicted molar refractivity (Wildman–Crippen MR) is 70.0 cm³/mol. The number of nitrogens with two attached hydrogens (primary N) is 1. The van der Waals surface area contributed by atoms with Crippen LogP contribution in [0.15, 0.2) is 41.0 Å². The van der Waals surface area contributed by atoms with Crippen LogP contribution in [0.4, 0.5) is 5.69 Å². The molecular formula is C13H14N4O. The Labute approximate surface area is 104 Å². The van der Waals surface area contributed by atoms with E-state index in [0.29, 0.717) is 0 Å². The maximum absolute atomic E-state index is 5.37. The standard InChI is InChI=1S/C13H14N4O/c14-17-9-3-5-11-12(8-9)16-13(15-11)6-4-10-2-1-7-18-10/h1-3,5,7-8,17H,4,6,14H2,(H,15,16). The summed E-state index contributed by atoms with van der Waals surface area (Å²) in [5.74, 6) is 7.30. The first-order valence-corrected chi connectivity index (χ1v) is 5.83. The quantitative estimate of drug-likeness (QED) is 0.484. The minimum absolute atomic E-state index is 0.827. The third kappa shape index (κ3) is 2.08. The van der Waals surface area contributed by atoms with E-state index < -0.39 is 0 Å². The average Bonchev–Trinajstić information content (AvgIpc) is 3.04. The van der Waals surface area contributed by atoms with E-state index in [1.54, 1.807) is 6.26 Å². The molecule has 0 bridgehead atoms. The molecule has 0 radical (unpaired) electrons. The lowest BCUT2D eigenvalue weighted by Crippen LogP contribution is -2.05. The predicted octanol–water partition coefficient (Wildman–Crippen LogP) is 2.23. The number of aryl methyl sites for hydroxylation is 2. The smallest absolute Gasteiger partial charge is 0.107 e. The number of hydrogen-bond donors (Lipinski definition) is 3. The van der Waals surface area contributed by atoms with Crippen molar-refractivity contribution in [2.45, 2.75) is 12.8 Å². The Morgan fingerprint density at radius 3 is 3.00 bits per heavy atom. The molecule has 0 aliphatic carbocycles. The van der Waals surface area contributed by atoms with E-state index in [9.17, 15) is 0 Å². The SMILES string of the molecule is NNc1ccc2nc(CCc3ccco3)[nH]c2c1. The van der Waals surface area contributed by atoms with Crippen LogP contribution >= 0.6 is 0 Å². The minimum atomic E-state index is 0.827. The second kappa shape index (κ2) is 4.54. The van der Waals surface area contributed by atoms with Gasteiger partial charge in [0.25, 0.3) is 0 Å². The van der Waals surface area contributed by atoms with Gasteiger partial charge in [-0.3, -0.25) is 5.84 Å². The fraction of sp³-hybridized carbons (Fsp3) is 0.154. The molecule has 1 aromatic carbocycles. The van der Waals surface area contributed by atoms with E-state index >= 15 is 0 Å². The van der Waals surface area contributed by atoms with Gasteiger partial charge in [0.05, 0.1) is 23.0 Å². The largest absolute Gasteiger partial charge is 0.469 e. The molecule has 3 aromatic rings. The second-order valence-corrected chi connectivity index (χ2v) is 4.14. The van der Waals surface area contributed by atoms with E-state index in [4.69, 9.17) is 10.3 Å². The van der Waals surface area contributed by atoms with Crippen LogP contribution in [0.5, 0.6) is 0 Å². The van der Waals surface area contributed by atoms with Crippen molar-refractivity contribution in [2.24, 2.45) is 5.84 Å². The molecule has 92 valence electrons. The summed E-state index contributed by atoms with van der Waals surface area (Å²) in [5, 5.41) is 0.